The van der Waals surface area contributed by atoms with Crippen LogP contribution in [0.2, 0.25) is 0 Å². The van der Waals surface area contributed by atoms with Crippen LogP contribution in [0.4, 0.5) is 0 Å². The van der Waals surface area contributed by atoms with Crippen molar-refractivity contribution in [3.8, 4) is 11.1 Å². The van der Waals surface area contributed by atoms with Crippen molar-refractivity contribution in [2.24, 2.45) is 0 Å². The van der Waals surface area contributed by atoms with E-state index in [9.17, 15) is 0 Å². The van der Waals surface area contributed by atoms with Crippen molar-refractivity contribution < 1.29 is 0 Å². The van der Waals surface area contributed by atoms with Gasteiger partial charge in [0.15, 0.2) is 0 Å². The maximum absolute atomic E-state index is 2.50. The normalized spacial score (nSPS) is 14.3. The summed E-state index contributed by atoms with van der Waals surface area (Å²) in [5, 5.41) is 5.69. The minimum absolute atomic E-state index is 1.19. The fourth-order valence-electron chi connectivity index (χ4n) is 6.63. The van der Waals surface area contributed by atoms with Crippen LogP contribution in [0.5, 0.6) is 0 Å². The Kier molecular flexibility index (Phi) is 5.13. The van der Waals surface area contributed by atoms with Crippen molar-refractivity contribution in [2.45, 2.75) is 72.1 Å². The van der Waals surface area contributed by atoms with Crippen molar-refractivity contribution in [2.75, 3.05) is 0 Å². The van der Waals surface area contributed by atoms with Gasteiger partial charge in [0.2, 0.25) is 0 Å². The average Bonchev–Trinajstić information content (AvgIpc) is 3.19. The summed E-state index contributed by atoms with van der Waals surface area (Å²) < 4.78 is 0. The lowest BCUT2D eigenvalue weighted by molar-refractivity contribution is 0.623. The third-order valence-electron chi connectivity index (χ3n) is 8.24. The van der Waals surface area contributed by atoms with Gasteiger partial charge in [0.25, 0.3) is 0 Å². The van der Waals surface area contributed by atoms with Gasteiger partial charge < -0.3 is 0 Å². The molecule has 0 saturated carbocycles. The van der Waals surface area contributed by atoms with Crippen LogP contribution in [-0.4, -0.2) is 0 Å². The highest BCUT2D eigenvalue weighted by molar-refractivity contribution is 6.20. The predicted octanol–water partition coefficient (Wildman–Crippen LogP) is 9.70. The molecule has 0 bridgehead atoms. The molecule has 0 atom stereocenters. The number of allylic oxidation sites excluding steroid dienone is 1. The predicted molar refractivity (Wildman–Crippen MR) is 144 cm³/mol. The smallest absolute Gasteiger partial charge is 0.00111 e. The van der Waals surface area contributed by atoms with E-state index in [1.807, 2.05) is 0 Å². The monoisotopic (exact) mass is 430 g/mol. The van der Waals surface area contributed by atoms with Crippen LogP contribution in [0.1, 0.15) is 79.7 Å². The Labute approximate surface area is 198 Å². The van der Waals surface area contributed by atoms with E-state index in [1.165, 1.54) is 101 Å². The summed E-state index contributed by atoms with van der Waals surface area (Å²) in [7, 11) is 0. The molecule has 0 unspecified atom stereocenters. The number of hydrogen-bond donors (Lipinski definition) is 0. The molecule has 0 fully saturated rings. The molecule has 2 aliphatic rings. The van der Waals surface area contributed by atoms with Crippen LogP contribution in [0.25, 0.3) is 38.2 Å². The van der Waals surface area contributed by atoms with Crippen LogP contribution in [-0.2, 0) is 6.42 Å². The Morgan fingerprint density at radius 1 is 0.667 bits per heavy atom. The highest BCUT2D eigenvalue weighted by Crippen LogP contribution is 2.56. The van der Waals surface area contributed by atoms with Crippen molar-refractivity contribution in [3.63, 3.8) is 0 Å². The van der Waals surface area contributed by atoms with Gasteiger partial charge in [-0.25, -0.2) is 0 Å². The largest absolute Gasteiger partial charge is 0.0654 e. The van der Waals surface area contributed by atoms with Gasteiger partial charge in [-0.2, -0.15) is 0 Å². The van der Waals surface area contributed by atoms with Gasteiger partial charge >= 0.3 is 0 Å². The summed E-state index contributed by atoms with van der Waals surface area (Å²) in [6.07, 6.45) is 10.4. The first kappa shape index (κ1) is 20.7. The van der Waals surface area contributed by atoms with E-state index >= 15 is 0 Å². The van der Waals surface area contributed by atoms with Crippen molar-refractivity contribution in [1.82, 2.24) is 0 Å². The molecule has 0 amide bonds. The van der Waals surface area contributed by atoms with Crippen molar-refractivity contribution in [1.29, 1.82) is 0 Å². The molecule has 0 heterocycles. The molecular weight excluding hydrogens is 396 g/mol. The highest BCUT2D eigenvalue weighted by atomic mass is 14.4. The van der Waals surface area contributed by atoms with Gasteiger partial charge in [0, 0.05) is 0 Å². The first-order chi connectivity index (χ1) is 16.2. The molecule has 6 rings (SSSR count). The maximum atomic E-state index is 2.50. The first-order valence-corrected chi connectivity index (χ1v) is 13.0. The number of hydrogen-bond acceptors (Lipinski definition) is 0. The summed E-state index contributed by atoms with van der Waals surface area (Å²) in [5.41, 5.74) is 13.9. The number of rotatable bonds is 6. The lowest BCUT2D eigenvalue weighted by Gasteiger charge is -2.25. The lowest BCUT2D eigenvalue weighted by atomic mass is 9.79. The van der Waals surface area contributed by atoms with Crippen molar-refractivity contribution in [3.05, 3.63) is 88.0 Å². The Morgan fingerprint density at radius 3 is 2.09 bits per heavy atom. The number of unbranched alkanes of at least 4 members (excludes halogenated alkanes) is 4. The van der Waals surface area contributed by atoms with E-state index in [4.69, 9.17) is 0 Å². The summed E-state index contributed by atoms with van der Waals surface area (Å²) in [6, 6.07) is 20.7. The summed E-state index contributed by atoms with van der Waals surface area (Å²) >= 11 is 0. The van der Waals surface area contributed by atoms with Gasteiger partial charge in [0.1, 0.15) is 0 Å². The molecule has 33 heavy (non-hydrogen) atoms. The Morgan fingerprint density at radius 2 is 1.33 bits per heavy atom. The van der Waals surface area contributed by atoms with Gasteiger partial charge in [-0.1, -0.05) is 92.8 Å². The molecule has 0 saturated heterocycles. The maximum Gasteiger partial charge on any atom is -0.00111 e. The minimum atomic E-state index is 1.19. The zero-order valence-corrected chi connectivity index (χ0v) is 20.4. The number of fused-ring (bicyclic) bond motifs is 7. The van der Waals surface area contributed by atoms with Gasteiger partial charge in [-0.15, -0.1) is 0 Å². The summed E-state index contributed by atoms with van der Waals surface area (Å²) in [4.78, 5) is 0. The van der Waals surface area contributed by atoms with E-state index in [1.54, 1.807) is 22.3 Å². The topological polar surface area (TPSA) is 0 Å². The lowest BCUT2D eigenvalue weighted by Crippen LogP contribution is -2.07. The van der Waals surface area contributed by atoms with Crippen LogP contribution >= 0.6 is 0 Å². The fourth-order valence-corrected chi connectivity index (χ4v) is 6.63. The van der Waals surface area contributed by atoms with Crippen LogP contribution in [0, 0.1) is 13.8 Å². The molecule has 4 aromatic carbocycles. The highest BCUT2D eigenvalue weighted by Gasteiger charge is 2.35. The first-order valence-electron chi connectivity index (χ1n) is 13.0. The van der Waals surface area contributed by atoms with Crippen LogP contribution < -0.4 is 0 Å². The molecule has 4 aromatic rings. The summed E-state index contributed by atoms with van der Waals surface area (Å²) in [5.74, 6) is 0. The van der Waals surface area contributed by atoms with E-state index < -0.39 is 0 Å². The molecule has 2 aliphatic carbocycles. The number of benzene rings is 4. The van der Waals surface area contributed by atoms with Gasteiger partial charge in [-0.3, -0.25) is 0 Å². The van der Waals surface area contributed by atoms with Crippen LogP contribution in [0.3, 0.4) is 0 Å². The fraction of sp³-hybridized carbons (Fsp3) is 0.333. The van der Waals surface area contributed by atoms with Crippen LogP contribution in [0.15, 0.2) is 60.2 Å². The van der Waals surface area contributed by atoms with E-state index in [-0.39, 0.29) is 0 Å². The molecule has 0 heteroatoms. The molecule has 0 N–H and O–H groups in total. The van der Waals surface area contributed by atoms with E-state index in [0.29, 0.717) is 0 Å². The molecule has 166 valence electrons. The van der Waals surface area contributed by atoms with E-state index in [2.05, 4.69) is 75.4 Å². The molecule has 0 aromatic heterocycles. The Bertz CT molecular complexity index is 1430. The minimum Gasteiger partial charge on any atom is -0.0654 e. The second kappa shape index (κ2) is 8.17. The SMILES string of the molecule is CCCCCCCC1=C2c3cc(C)c4ccccc4c3-c3c2c(c(C)c2ccccc32)CC1. The second-order valence-corrected chi connectivity index (χ2v) is 10.2. The average molecular weight is 431 g/mol. The van der Waals surface area contributed by atoms with E-state index in [0.717, 1.165) is 0 Å². The summed E-state index contributed by atoms with van der Waals surface area (Å²) in [6.45, 7) is 6.96. The quantitative estimate of drug-likeness (QED) is 0.235. The van der Waals surface area contributed by atoms with Gasteiger partial charge in [0.05, 0.1) is 0 Å². The zero-order valence-electron chi connectivity index (χ0n) is 20.4. The Hall–Kier alpha value is -2.86. The molecule has 0 nitrogen and oxygen atoms in total. The number of aryl methyl sites for hydroxylation is 2. The second-order valence-electron chi connectivity index (χ2n) is 10.2. The molecular formula is C33H34. The van der Waals surface area contributed by atoms with Crippen molar-refractivity contribution >= 4 is 27.1 Å². The van der Waals surface area contributed by atoms with Gasteiger partial charge in [-0.05, 0) is 106 Å². The molecule has 0 spiro atoms. The zero-order chi connectivity index (χ0) is 22.5. The Balaban J connectivity index is 1.66. The standard InChI is InChI=1S/C33H34/c1-4-5-6-7-8-13-23-18-19-26-22(3)25-15-10-12-17-28(25)33-31-27-16-11-9-14-24(27)21(2)20-29(31)30(23)32(26)33/h9-12,14-17,20H,4-8,13,18-19H2,1-3H3. The molecule has 0 radical (unpaired) electrons. The third kappa shape index (κ3) is 3.11. The third-order valence-corrected chi connectivity index (χ3v) is 8.24. The molecule has 0 aliphatic heterocycles.